The summed E-state index contributed by atoms with van der Waals surface area (Å²) in [5.41, 5.74) is 1.34. The number of aryl methyl sites for hydroxylation is 1. The van der Waals surface area contributed by atoms with E-state index in [0.29, 0.717) is 11.8 Å². The summed E-state index contributed by atoms with van der Waals surface area (Å²) in [5, 5.41) is 5.63. The molecule has 1 rings (SSSR count). The highest BCUT2D eigenvalue weighted by Crippen LogP contribution is 2.26. The number of rotatable bonds is 4. The zero-order valence-electron chi connectivity index (χ0n) is 9.74. The molecule has 0 N–H and O–H groups in total. The Labute approximate surface area is 91.1 Å². The number of hydrogen-bond acceptors (Lipinski definition) is 2. The second kappa shape index (κ2) is 4.87. The monoisotopic (exact) mass is 212 g/mol. The van der Waals surface area contributed by atoms with Crippen LogP contribution in [0.2, 0.25) is 0 Å². The van der Waals surface area contributed by atoms with Gasteiger partial charge in [0.1, 0.15) is 5.03 Å². The lowest BCUT2D eigenvalue weighted by Gasteiger charge is -2.15. The van der Waals surface area contributed by atoms with Crippen molar-refractivity contribution in [1.82, 2.24) is 9.78 Å². The zero-order valence-corrected chi connectivity index (χ0v) is 10.6. The Morgan fingerprint density at radius 2 is 2.07 bits per heavy atom. The van der Waals surface area contributed by atoms with E-state index in [9.17, 15) is 0 Å². The SMILES string of the molecule is CCSc1cc(C(C)C(C)C)n(C)n1. The molecule has 2 nitrogen and oxygen atoms in total. The molecule has 1 aromatic rings. The first kappa shape index (κ1) is 11.6. The molecule has 0 saturated carbocycles. The molecule has 80 valence electrons. The number of nitrogens with zero attached hydrogens (tertiary/aromatic N) is 2. The molecule has 3 heteroatoms. The van der Waals surface area contributed by atoms with E-state index in [1.54, 1.807) is 0 Å². The summed E-state index contributed by atoms with van der Waals surface area (Å²) in [4.78, 5) is 0. The van der Waals surface area contributed by atoms with Crippen LogP contribution in [0.4, 0.5) is 0 Å². The lowest BCUT2D eigenvalue weighted by molar-refractivity contribution is 0.498. The van der Waals surface area contributed by atoms with Gasteiger partial charge in [0.15, 0.2) is 0 Å². The molecule has 0 radical (unpaired) electrons. The van der Waals surface area contributed by atoms with Gasteiger partial charge in [-0.25, -0.2) is 0 Å². The van der Waals surface area contributed by atoms with Gasteiger partial charge >= 0.3 is 0 Å². The molecule has 0 aromatic carbocycles. The Hall–Kier alpha value is -0.440. The van der Waals surface area contributed by atoms with Crippen LogP contribution in [0.3, 0.4) is 0 Å². The first-order valence-electron chi connectivity index (χ1n) is 5.23. The highest BCUT2D eigenvalue weighted by molar-refractivity contribution is 7.99. The van der Waals surface area contributed by atoms with E-state index in [0.717, 1.165) is 10.8 Å². The van der Waals surface area contributed by atoms with E-state index in [-0.39, 0.29) is 0 Å². The van der Waals surface area contributed by atoms with Crippen LogP contribution >= 0.6 is 11.8 Å². The normalized spacial score (nSPS) is 13.6. The van der Waals surface area contributed by atoms with E-state index in [1.807, 2.05) is 23.5 Å². The van der Waals surface area contributed by atoms with E-state index < -0.39 is 0 Å². The minimum absolute atomic E-state index is 0.582. The van der Waals surface area contributed by atoms with Crippen molar-refractivity contribution in [3.63, 3.8) is 0 Å². The Kier molecular flexibility index (Phi) is 4.05. The van der Waals surface area contributed by atoms with Crippen molar-refractivity contribution in [3.05, 3.63) is 11.8 Å². The minimum Gasteiger partial charge on any atom is -0.271 e. The molecule has 0 bridgehead atoms. The molecule has 0 saturated heterocycles. The van der Waals surface area contributed by atoms with Gasteiger partial charge in [0.25, 0.3) is 0 Å². The fourth-order valence-corrected chi connectivity index (χ4v) is 2.12. The molecule has 1 aromatic heterocycles. The van der Waals surface area contributed by atoms with Gasteiger partial charge in [-0.2, -0.15) is 5.10 Å². The van der Waals surface area contributed by atoms with Gasteiger partial charge < -0.3 is 0 Å². The molecule has 1 unspecified atom stereocenters. The van der Waals surface area contributed by atoms with E-state index in [4.69, 9.17) is 0 Å². The third-order valence-corrected chi connectivity index (χ3v) is 3.44. The van der Waals surface area contributed by atoms with Gasteiger partial charge in [0.05, 0.1) is 0 Å². The molecule has 1 heterocycles. The van der Waals surface area contributed by atoms with Crippen molar-refractivity contribution in [2.45, 2.75) is 38.6 Å². The van der Waals surface area contributed by atoms with Crippen LogP contribution in [0.25, 0.3) is 0 Å². The van der Waals surface area contributed by atoms with Crippen LogP contribution in [0.5, 0.6) is 0 Å². The lowest BCUT2D eigenvalue weighted by atomic mass is 9.95. The number of aromatic nitrogens is 2. The summed E-state index contributed by atoms with van der Waals surface area (Å²) in [6, 6.07) is 2.22. The minimum atomic E-state index is 0.582. The summed E-state index contributed by atoms with van der Waals surface area (Å²) in [5.74, 6) is 2.34. The van der Waals surface area contributed by atoms with Crippen LogP contribution in [-0.4, -0.2) is 15.5 Å². The summed E-state index contributed by atoms with van der Waals surface area (Å²) in [7, 11) is 2.04. The van der Waals surface area contributed by atoms with Crippen molar-refractivity contribution in [2.24, 2.45) is 13.0 Å². The van der Waals surface area contributed by atoms with Gasteiger partial charge in [0, 0.05) is 18.7 Å². The Morgan fingerprint density at radius 1 is 1.43 bits per heavy atom. The standard InChI is InChI=1S/C11H20N2S/c1-6-14-11-7-10(13(5)12-11)9(4)8(2)3/h7-9H,6H2,1-5H3. The maximum Gasteiger partial charge on any atom is 0.118 e. The van der Waals surface area contributed by atoms with Crippen molar-refractivity contribution in [2.75, 3.05) is 5.75 Å². The molecular formula is C11H20N2S. The van der Waals surface area contributed by atoms with E-state index in [2.05, 4.69) is 38.9 Å². The maximum absolute atomic E-state index is 4.48. The largest absolute Gasteiger partial charge is 0.271 e. The zero-order chi connectivity index (χ0) is 10.7. The topological polar surface area (TPSA) is 17.8 Å². The predicted octanol–water partition coefficient (Wildman–Crippen LogP) is 3.29. The first-order chi connectivity index (χ1) is 6.56. The highest BCUT2D eigenvalue weighted by Gasteiger charge is 2.15. The first-order valence-corrected chi connectivity index (χ1v) is 6.21. The van der Waals surface area contributed by atoms with Crippen molar-refractivity contribution in [3.8, 4) is 0 Å². The van der Waals surface area contributed by atoms with Gasteiger partial charge in [-0.15, -0.1) is 11.8 Å². The van der Waals surface area contributed by atoms with Gasteiger partial charge in [-0.05, 0) is 17.7 Å². The summed E-state index contributed by atoms with van der Waals surface area (Å²) in [6.45, 7) is 8.93. The molecule has 0 fully saturated rings. The fourth-order valence-electron chi connectivity index (χ4n) is 1.44. The van der Waals surface area contributed by atoms with Gasteiger partial charge in [-0.1, -0.05) is 27.7 Å². The van der Waals surface area contributed by atoms with Gasteiger partial charge in [-0.3, -0.25) is 4.68 Å². The van der Waals surface area contributed by atoms with Gasteiger partial charge in [0.2, 0.25) is 0 Å². The van der Waals surface area contributed by atoms with Crippen LogP contribution in [0, 0.1) is 5.92 Å². The van der Waals surface area contributed by atoms with Crippen LogP contribution in [0.1, 0.15) is 39.3 Å². The molecule has 0 aliphatic carbocycles. The van der Waals surface area contributed by atoms with Crippen LogP contribution < -0.4 is 0 Å². The Bertz CT molecular complexity index is 291. The average molecular weight is 212 g/mol. The maximum atomic E-state index is 4.48. The molecule has 0 amide bonds. The second-order valence-electron chi connectivity index (χ2n) is 4.00. The Morgan fingerprint density at radius 3 is 2.57 bits per heavy atom. The third kappa shape index (κ3) is 2.53. The molecule has 14 heavy (non-hydrogen) atoms. The quantitative estimate of drug-likeness (QED) is 0.713. The van der Waals surface area contributed by atoms with E-state index >= 15 is 0 Å². The molecule has 0 aliphatic rings. The van der Waals surface area contributed by atoms with E-state index in [1.165, 1.54) is 5.69 Å². The summed E-state index contributed by atoms with van der Waals surface area (Å²) in [6.07, 6.45) is 0. The van der Waals surface area contributed by atoms with Crippen molar-refractivity contribution >= 4 is 11.8 Å². The number of hydrogen-bond donors (Lipinski definition) is 0. The van der Waals surface area contributed by atoms with Crippen LogP contribution in [0.15, 0.2) is 11.1 Å². The fraction of sp³-hybridized carbons (Fsp3) is 0.727. The average Bonchev–Trinajstić information content (AvgIpc) is 2.46. The predicted molar refractivity (Wildman–Crippen MR) is 62.9 cm³/mol. The third-order valence-electron chi connectivity index (χ3n) is 2.65. The molecule has 0 aliphatic heterocycles. The molecular weight excluding hydrogens is 192 g/mol. The highest BCUT2D eigenvalue weighted by atomic mass is 32.2. The molecule has 1 atom stereocenters. The number of thioether (sulfide) groups is 1. The molecule has 0 spiro atoms. The Balaban J connectivity index is 2.86. The summed E-state index contributed by atoms with van der Waals surface area (Å²) < 4.78 is 2.02. The summed E-state index contributed by atoms with van der Waals surface area (Å²) >= 11 is 1.81. The second-order valence-corrected chi connectivity index (χ2v) is 5.28. The lowest BCUT2D eigenvalue weighted by Crippen LogP contribution is -2.07. The van der Waals surface area contributed by atoms with Crippen molar-refractivity contribution < 1.29 is 0 Å². The van der Waals surface area contributed by atoms with Crippen molar-refractivity contribution in [1.29, 1.82) is 0 Å². The smallest absolute Gasteiger partial charge is 0.118 e. The van der Waals surface area contributed by atoms with Crippen LogP contribution in [-0.2, 0) is 7.05 Å².